The van der Waals surface area contributed by atoms with Crippen molar-refractivity contribution in [2.24, 2.45) is 5.73 Å². The van der Waals surface area contributed by atoms with Crippen LogP contribution in [0, 0.1) is 6.92 Å². The van der Waals surface area contributed by atoms with Crippen LogP contribution in [0.15, 0.2) is 59.1 Å². The number of carbonyl (C=O) groups excluding carboxylic acids is 2. The number of carbonyl (C=O) groups is 2. The van der Waals surface area contributed by atoms with Crippen molar-refractivity contribution in [3.05, 3.63) is 81.5 Å². The molecule has 5 N–H and O–H groups in total. The number of aryl methyl sites for hydroxylation is 1. The van der Waals surface area contributed by atoms with Gasteiger partial charge in [0.15, 0.2) is 0 Å². The van der Waals surface area contributed by atoms with Gasteiger partial charge in [-0.05, 0) is 53.6 Å². The van der Waals surface area contributed by atoms with E-state index in [0.29, 0.717) is 23.4 Å². The first kappa shape index (κ1) is 23.9. The van der Waals surface area contributed by atoms with E-state index < -0.39 is 24.1 Å². The number of halogens is 1. The minimum absolute atomic E-state index is 0.147. The fourth-order valence-corrected chi connectivity index (χ4v) is 4.95. The summed E-state index contributed by atoms with van der Waals surface area (Å²) in [6, 6.07) is 15.7. The van der Waals surface area contributed by atoms with Gasteiger partial charge in [-0.3, -0.25) is 4.79 Å². The van der Waals surface area contributed by atoms with E-state index in [1.54, 1.807) is 13.0 Å². The van der Waals surface area contributed by atoms with E-state index in [2.05, 4.69) is 45.4 Å². The number of aliphatic hydroxyl groups excluding tert-OH is 1. The Kier molecular flexibility index (Phi) is 6.47. The number of pyridine rings is 1. The standard InChI is InChI=1S/C26H27BrN4O3/c1-14-11-19(22(30-21(14)24(28)33)15-7-5-4-6-8-15)29-25(34)31-23-17-10-9-16(27)12-18(17)26(2,3)13-20(23)32/h4-12,20,23,32H,13H2,1-3H3,(H2,28,33)(H2,29,31,34)/t20-,23?/m1/s1. The molecule has 8 heteroatoms. The maximum atomic E-state index is 13.1. The summed E-state index contributed by atoms with van der Waals surface area (Å²) in [5.41, 5.74) is 9.52. The van der Waals surface area contributed by atoms with E-state index in [4.69, 9.17) is 5.73 Å². The third kappa shape index (κ3) is 4.69. The molecule has 0 spiro atoms. The highest BCUT2D eigenvalue weighted by molar-refractivity contribution is 9.10. The van der Waals surface area contributed by atoms with Gasteiger partial charge in [0.25, 0.3) is 5.91 Å². The lowest BCUT2D eigenvalue weighted by molar-refractivity contribution is 0.0882. The van der Waals surface area contributed by atoms with E-state index in [0.717, 1.165) is 21.2 Å². The molecular formula is C26H27BrN4O3. The number of fused-ring (bicyclic) bond motifs is 1. The van der Waals surface area contributed by atoms with Crippen molar-refractivity contribution in [1.82, 2.24) is 10.3 Å². The van der Waals surface area contributed by atoms with Gasteiger partial charge < -0.3 is 21.5 Å². The predicted octanol–water partition coefficient (Wildman–Crippen LogP) is 4.82. The van der Waals surface area contributed by atoms with Crippen LogP contribution in [-0.2, 0) is 5.41 Å². The van der Waals surface area contributed by atoms with Crippen molar-refractivity contribution in [2.75, 3.05) is 5.32 Å². The Hall–Kier alpha value is -3.23. The van der Waals surface area contributed by atoms with Gasteiger partial charge in [-0.15, -0.1) is 0 Å². The van der Waals surface area contributed by atoms with E-state index in [-0.39, 0.29) is 11.1 Å². The molecule has 7 nitrogen and oxygen atoms in total. The van der Waals surface area contributed by atoms with Crippen molar-refractivity contribution in [1.29, 1.82) is 0 Å². The van der Waals surface area contributed by atoms with Gasteiger partial charge in [0.2, 0.25) is 0 Å². The monoisotopic (exact) mass is 522 g/mol. The Balaban J connectivity index is 1.66. The second-order valence-corrected chi connectivity index (χ2v) is 10.2. The van der Waals surface area contributed by atoms with Gasteiger partial charge in [0.1, 0.15) is 5.69 Å². The molecule has 1 aliphatic rings. The molecule has 4 rings (SSSR count). The molecule has 1 heterocycles. The number of hydrogen-bond donors (Lipinski definition) is 4. The highest BCUT2D eigenvalue weighted by Crippen LogP contribution is 2.42. The van der Waals surface area contributed by atoms with Crippen LogP contribution in [0.25, 0.3) is 11.3 Å². The van der Waals surface area contributed by atoms with Crippen LogP contribution < -0.4 is 16.4 Å². The Labute approximate surface area is 206 Å². The lowest BCUT2D eigenvalue weighted by Gasteiger charge is -2.40. The summed E-state index contributed by atoms with van der Waals surface area (Å²) in [4.78, 5) is 29.4. The summed E-state index contributed by atoms with van der Waals surface area (Å²) in [6.45, 7) is 5.88. The first-order valence-electron chi connectivity index (χ1n) is 11.0. The fourth-order valence-electron chi connectivity index (χ4n) is 4.59. The number of nitrogens with one attached hydrogen (secondary N) is 2. The molecule has 1 unspecified atom stereocenters. The normalized spacial score (nSPS) is 18.6. The fraction of sp³-hybridized carbons (Fsp3) is 0.269. The number of anilines is 1. The Morgan fingerprint density at radius 2 is 1.85 bits per heavy atom. The summed E-state index contributed by atoms with van der Waals surface area (Å²) in [5.74, 6) is -0.638. The molecule has 0 saturated carbocycles. The van der Waals surface area contributed by atoms with Crippen molar-refractivity contribution < 1.29 is 14.7 Å². The summed E-state index contributed by atoms with van der Waals surface area (Å²) < 4.78 is 0.947. The number of nitrogens with two attached hydrogens (primary N) is 1. The first-order chi connectivity index (χ1) is 16.1. The van der Waals surface area contributed by atoms with Gasteiger partial charge in [0, 0.05) is 10.0 Å². The minimum atomic E-state index is -0.750. The highest BCUT2D eigenvalue weighted by atomic mass is 79.9. The molecule has 1 aliphatic carbocycles. The number of aromatic nitrogens is 1. The number of hydrogen-bond acceptors (Lipinski definition) is 4. The molecule has 176 valence electrons. The molecule has 3 amide bonds. The summed E-state index contributed by atoms with van der Waals surface area (Å²) in [6.07, 6.45) is -0.245. The minimum Gasteiger partial charge on any atom is -0.391 e. The smallest absolute Gasteiger partial charge is 0.319 e. The molecule has 3 aromatic rings. The van der Waals surface area contributed by atoms with Crippen LogP contribution in [-0.4, -0.2) is 28.1 Å². The third-order valence-corrected chi connectivity index (χ3v) is 6.71. The zero-order valence-electron chi connectivity index (χ0n) is 19.2. The number of benzene rings is 2. The maximum absolute atomic E-state index is 13.1. The summed E-state index contributed by atoms with van der Waals surface area (Å²) in [5, 5.41) is 16.7. The van der Waals surface area contributed by atoms with Crippen molar-refractivity contribution in [2.45, 2.75) is 44.8 Å². The van der Waals surface area contributed by atoms with Crippen LogP contribution >= 0.6 is 15.9 Å². The van der Waals surface area contributed by atoms with Gasteiger partial charge in [-0.1, -0.05) is 66.2 Å². The average Bonchev–Trinajstić information content (AvgIpc) is 2.77. The van der Waals surface area contributed by atoms with Crippen molar-refractivity contribution >= 4 is 33.6 Å². The number of rotatable bonds is 4. The predicted molar refractivity (Wildman–Crippen MR) is 136 cm³/mol. The molecule has 0 saturated heterocycles. The van der Waals surface area contributed by atoms with E-state index in [1.807, 2.05) is 48.5 Å². The van der Waals surface area contributed by atoms with Gasteiger partial charge in [-0.25, -0.2) is 9.78 Å². The van der Waals surface area contributed by atoms with E-state index in [1.165, 1.54) is 0 Å². The SMILES string of the molecule is Cc1cc(NC(=O)NC2c3ccc(Br)cc3C(C)(C)C[C@H]2O)c(-c2ccccc2)nc1C(N)=O. The van der Waals surface area contributed by atoms with Gasteiger partial charge >= 0.3 is 6.03 Å². The summed E-state index contributed by atoms with van der Waals surface area (Å²) in [7, 11) is 0. The molecule has 2 aromatic carbocycles. The zero-order chi connectivity index (χ0) is 24.6. The molecule has 0 bridgehead atoms. The zero-order valence-corrected chi connectivity index (χ0v) is 20.8. The molecule has 0 fully saturated rings. The largest absolute Gasteiger partial charge is 0.391 e. The van der Waals surface area contributed by atoms with Gasteiger partial charge in [-0.2, -0.15) is 0 Å². The lowest BCUT2D eigenvalue weighted by Crippen LogP contribution is -2.45. The third-order valence-electron chi connectivity index (χ3n) is 6.21. The van der Waals surface area contributed by atoms with Crippen molar-refractivity contribution in [3.8, 4) is 11.3 Å². The van der Waals surface area contributed by atoms with Crippen LogP contribution in [0.2, 0.25) is 0 Å². The van der Waals surface area contributed by atoms with Crippen LogP contribution in [0.3, 0.4) is 0 Å². The van der Waals surface area contributed by atoms with E-state index in [9.17, 15) is 14.7 Å². The number of nitrogens with zero attached hydrogens (tertiary/aromatic N) is 1. The molecule has 2 atom stereocenters. The van der Waals surface area contributed by atoms with Crippen molar-refractivity contribution in [3.63, 3.8) is 0 Å². The van der Waals surface area contributed by atoms with Crippen LogP contribution in [0.1, 0.15) is 53.5 Å². The highest BCUT2D eigenvalue weighted by Gasteiger charge is 2.39. The number of urea groups is 1. The quantitative estimate of drug-likeness (QED) is 0.392. The van der Waals surface area contributed by atoms with Crippen LogP contribution in [0.5, 0.6) is 0 Å². The lowest BCUT2D eigenvalue weighted by atomic mass is 9.70. The van der Waals surface area contributed by atoms with Crippen LogP contribution in [0.4, 0.5) is 10.5 Å². The Bertz CT molecular complexity index is 1260. The van der Waals surface area contributed by atoms with E-state index >= 15 is 0 Å². The molecule has 34 heavy (non-hydrogen) atoms. The molecule has 1 aromatic heterocycles. The molecule has 0 aliphatic heterocycles. The topological polar surface area (TPSA) is 117 Å². The number of amides is 3. The first-order valence-corrected chi connectivity index (χ1v) is 11.8. The number of primary amides is 1. The molecule has 0 radical (unpaired) electrons. The Morgan fingerprint density at radius 3 is 2.53 bits per heavy atom. The second kappa shape index (κ2) is 9.19. The second-order valence-electron chi connectivity index (χ2n) is 9.24. The average molecular weight is 523 g/mol. The van der Waals surface area contributed by atoms with Gasteiger partial charge in [0.05, 0.1) is 23.5 Å². The molecular weight excluding hydrogens is 496 g/mol. The summed E-state index contributed by atoms with van der Waals surface area (Å²) >= 11 is 3.52. The maximum Gasteiger partial charge on any atom is 0.319 e. The Morgan fingerprint density at radius 1 is 1.15 bits per heavy atom. The number of aliphatic hydroxyl groups is 1.